The highest BCUT2D eigenvalue weighted by molar-refractivity contribution is 7.12. The number of aryl methyl sites for hydroxylation is 1. The maximum absolute atomic E-state index is 12.3. The smallest absolute Gasteiger partial charge is 0.223 e. The van der Waals surface area contributed by atoms with E-state index in [-0.39, 0.29) is 11.7 Å². The number of hydrogen-bond acceptors (Lipinski definition) is 6. The van der Waals surface area contributed by atoms with Gasteiger partial charge in [0, 0.05) is 50.9 Å². The number of thiazole rings is 1. The number of thiophene rings is 1. The van der Waals surface area contributed by atoms with Crippen LogP contribution in [0.25, 0.3) is 0 Å². The van der Waals surface area contributed by atoms with Crippen LogP contribution in [0.2, 0.25) is 0 Å². The van der Waals surface area contributed by atoms with Crippen LogP contribution in [-0.2, 0) is 17.8 Å². The maximum Gasteiger partial charge on any atom is 0.223 e. The molecule has 3 heterocycles. The van der Waals surface area contributed by atoms with Crippen LogP contribution in [0.3, 0.4) is 0 Å². The van der Waals surface area contributed by atoms with E-state index in [1.807, 2.05) is 22.4 Å². The van der Waals surface area contributed by atoms with Crippen LogP contribution < -0.4 is 0 Å². The van der Waals surface area contributed by atoms with Crippen LogP contribution in [0.1, 0.15) is 40.1 Å². The first-order valence-electron chi connectivity index (χ1n) is 8.66. The highest BCUT2D eigenvalue weighted by Crippen LogP contribution is 2.15. The van der Waals surface area contributed by atoms with E-state index < -0.39 is 0 Å². The molecule has 0 spiro atoms. The zero-order valence-electron chi connectivity index (χ0n) is 14.4. The number of carbonyl (C=O) groups is 2. The number of rotatable bonds is 7. The normalized spacial score (nSPS) is 15.5. The van der Waals surface area contributed by atoms with Gasteiger partial charge in [0.1, 0.15) is 0 Å². The molecule has 0 aromatic carbocycles. The molecule has 0 saturated carbocycles. The van der Waals surface area contributed by atoms with Gasteiger partial charge in [0.05, 0.1) is 15.6 Å². The number of aromatic nitrogens is 1. The summed E-state index contributed by atoms with van der Waals surface area (Å²) in [5.74, 6) is 0.156. The first kappa shape index (κ1) is 18.2. The molecule has 0 N–H and O–H groups in total. The van der Waals surface area contributed by atoms with Gasteiger partial charge in [-0.3, -0.25) is 14.5 Å². The summed E-state index contributed by atoms with van der Waals surface area (Å²) in [4.78, 5) is 33.9. The predicted octanol–water partition coefficient (Wildman–Crippen LogP) is 3.07. The Morgan fingerprint density at radius 2 is 1.96 bits per heavy atom. The molecule has 0 aliphatic carbocycles. The summed E-state index contributed by atoms with van der Waals surface area (Å²) in [5.41, 5.74) is 1.13. The van der Waals surface area contributed by atoms with Crippen LogP contribution in [0.15, 0.2) is 22.9 Å². The van der Waals surface area contributed by atoms with Crippen molar-refractivity contribution >= 4 is 34.4 Å². The molecule has 3 rings (SSSR count). The van der Waals surface area contributed by atoms with Crippen LogP contribution in [0, 0.1) is 0 Å². The van der Waals surface area contributed by atoms with Crippen molar-refractivity contribution in [1.29, 1.82) is 0 Å². The van der Waals surface area contributed by atoms with Gasteiger partial charge in [-0.25, -0.2) is 4.98 Å². The molecule has 0 radical (unpaired) electrons. The van der Waals surface area contributed by atoms with Crippen molar-refractivity contribution < 1.29 is 9.59 Å². The number of nitrogens with zero attached hydrogens (tertiary/aromatic N) is 3. The first-order chi connectivity index (χ1) is 12.2. The van der Waals surface area contributed by atoms with Gasteiger partial charge in [0.25, 0.3) is 0 Å². The quantitative estimate of drug-likeness (QED) is 0.696. The van der Waals surface area contributed by atoms with Crippen molar-refractivity contribution in [3.8, 4) is 0 Å². The van der Waals surface area contributed by atoms with Crippen LogP contribution in [-0.4, -0.2) is 52.7 Å². The number of carbonyl (C=O) groups excluding carboxylic acids is 2. The summed E-state index contributed by atoms with van der Waals surface area (Å²) in [5, 5.41) is 5.20. The number of Topliss-reactive ketones (excluding diaryl/α,β-unsaturated/α-hetero) is 1. The molecule has 1 fully saturated rings. The fourth-order valence-corrected chi connectivity index (χ4v) is 4.34. The van der Waals surface area contributed by atoms with Gasteiger partial charge in [-0.15, -0.1) is 22.7 Å². The second-order valence-electron chi connectivity index (χ2n) is 6.14. The number of piperazine rings is 1. The summed E-state index contributed by atoms with van der Waals surface area (Å²) in [6, 6.07) is 3.68. The third kappa shape index (κ3) is 4.96. The second-order valence-corrected chi connectivity index (χ2v) is 8.03. The third-order valence-electron chi connectivity index (χ3n) is 4.37. The van der Waals surface area contributed by atoms with Crippen LogP contribution in [0.5, 0.6) is 0 Å². The third-order valence-corrected chi connectivity index (χ3v) is 6.33. The Bertz CT molecular complexity index is 704. The second kappa shape index (κ2) is 8.69. The van der Waals surface area contributed by atoms with Gasteiger partial charge in [-0.1, -0.05) is 13.0 Å². The zero-order chi connectivity index (χ0) is 17.6. The highest BCUT2D eigenvalue weighted by atomic mass is 32.1. The molecule has 1 amide bonds. The average molecular weight is 378 g/mol. The van der Waals surface area contributed by atoms with E-state index in [0.29, 0.717) is 12.8 Å². The molecule has 25 heavy (non-hydrogen) atoms. The van der Waals surface area contributed by atoms with Crippen molar-refractivity contribution in [3.05, 3.63) is 38.5 Å². The standard InChI is InChI=1S/C18H23N3O2S2/c1-2-17-19-14(13-25-17)12-20-7-9-21(10-8-20)18(23)6-5-15(22)16-4-3-11-24-16/h3-4,11,13H,2,5-10,12H2,1H3. The molecule has 2 aromatic rings. The lowest BCUT2D eigenvalue weighted by Gasteiger charge is -2.34. The fraction of sp³-hybridized carbons (Fsp3) is 0.500. The Balaban J connectivity index is 1.40. The van der Waals surface area contributed by atoms with E-state index in [1.54, 1.807) is 11.3 Å². The largest absolute Gasteiger partial charge is 0.340 e. The van der Waals surface area contributed by atoms with Crippen molar-refractivity contribution in [1.82, 2.24) is 14.8 Å². The van der Waals surface area contributed by atoms with E-state index in [9.17, 15) is 9.59 Å². The highest BCUT2D eigenvalue weighted by Gasteiger charge is 2.22. The van der Waals surface area contributed by atoms with Crippen LogP contribution >= 0.6 is 22.7 Å². The topological polar surface area (TPSA) is 53.5 Å². The average Bonchev–Trinajstić information content (AvgIpc) is 3.32. The summed E-state index contributed by atoms with van der Waals surface area (Å²) in [7, 11) is 0. The molecule has 0 atom stereocenters. The summed E-state index contributed by atoms with van der Waals surface area (Å²) in [6.45, 7) is 6.17. The van der Waals surface area contributed by atoms with E-state index in [0.717, 1.165) is 49.7 Å². The van der Waals surface area contributed by atoms with Gasteiger partial charge in [0.2, 0.25) is 5.91 Å². The number of amides is 1. The molecular weight excluding hydrogens is 354 g/mol. The predicted molar refractivity (Wildman–Crippen MR) is 101 cm³/mol. The Morgan fingerprint density at radius 1 is 1.16 bits per heavy atom. The maximum atomic E-state index is 12.3. The minimum atomic E-state index is 0.0669. The molecular formula is C18H23N3O2S2. The van der Waals surface area contributed by atoms with E-state index in [4.69, 9.17) is 0 Å². The molecule has 1 saturated heterocycles. The summed E-state index contributed by atoms with van der Waals surface area (Å²) in [6.07, 6.45) is 1.60. The molecule has 134 valence electrons. The Morgan fingerprint density at radius 3 is 2.60 bits per heavy atom. The molecule has 7 heteroatoms. The van der Waals surface area contributed by atoms with Gasteiger partial charge in [-0.05, 0) is 17.9 Å². The van der Waals surface area contributed by atoms with Gasteiger partial charge in [0.15, 0.2) is 5.78 Å². The van der Waals surface area contributed by atoms with Crippen LogP contribution in [0.4, 0.5) is 0 Å². The summed E-state index contributed by atoms with van der Waals surface area (Å²) >= 11 is 3.15. The van der Waals surface area contributed by atoms with Crippen molar-refractivity contribution in [2.75, 3.05) is 26.2 Å². The Hall–Kier alpha value is -1.57. The molecule has 1 aliphatic rings. The number of ketones is 1. The minimum Gasteiger partial charge on any atom is -0.340 e. The van der Waals surface area contributed by atoms with Crippen molar-refractivity contribution in [3.63, 3.8) is 0 Å². The molecule has 1 aliphatic heterocycles. The SMILES string of the molecule is CCc1nc(CN2CCN(C(=O)CCC(=O)c3cccs3)CC2)cs1. The number of hydrogen-bond donors (Lipinski definition) is 0. The van der Waals surface area contributed by atoms with E-state index >= 15 is 0 Å². The lowest BCUT2D eigenvalue weighted by molar-refractivity contribution is -0.133. The van der Waals surface area contributed by atoms with Gasteiger partial charge >= 0.3 is 0 Å². The van der Waals surface area contributed by atoms with E-state index in [1.165, 1.54) is 16.3 Å². The fourth-order valence-electron chi connectivity index (χ4n) is 2.91. The molecule has 2 aromatic heterocycles. The Labute approximate surface area is 156 Å². The van der Waals surface area contributed by atoms with Crippen molar-refractivity contribution in [2.24, 2.45) is 0 Å². The molecule has 5 nitrogen and oxygen atoms in total. The lowest BCUT2D eigenvalue weighted by atomic mass is 10.1. The van der Waals surface area contributed by atoms with E-state index in [2.05, 4.69) is 22.2 Å². The minimum absolute atomic E-state index is 0.0669. The summed E-state index contributed by atoms with van der Waals surface area (Å²) < 4.78 is 0. The molecule has 0 bridgehead atoms. The molecule has 0 unspecified atom stereocenters. The zero-order valence-corrected chi connectivity index (χ0v) is 16.1. The van der Waals surface area contributed by atoms with Gasteiger partial charge in [-0.2, -0.15) is 0 Å². The van der Waals surface area contributed by atoms with Crippen molar-refractivity contribution in [2.45, 2.75) is 32.7 Å². The lowest BCUT2D eigenvalue weighted by Crippen LogP contribution is -2.48. The first-order valence-corrected chi connectivity index (χ1v) is 10.4. The monoisotopic (exact) mass is 377 g/mol. The Kier molecular flexibility index (Phi) is 6.34. The van der Waals surface area contributed by atoms with Gasteiger partial charge < -0.3 is 4.90 Å².